The Labute approximate surface area is 149 Å². The molecule has 25 heavy (non-hydrogen) atoms. The van der Waals surface area contributed by atoms with Crippen LogP contribution in [-0.4, -0.2) is 39.3 Å². The van der Waals surface area contributed by atoms with E-state index in [0.717, 1.165) is 20.6 Å². The molecule has 0 unspecified atom stereocenters. The zero-order valence-corrected chi connectivity index (χ0v) is 15.5. The molecule has 0 aliphatic carbocycles. The van der Waals surface area contributed by atoms with Gasteiger partial charge in [0, 0.05) is 19.8 Å². The molecule has 0 radical (unpaired) electrons. The molecule has 0 spiro atoms. The lowest BCUT2D eigenvalue weighted by atomic mass is 10.1. The highest BCUT2D eigenvalue weighted by Gasteiger charge is 2.27. The smallest absolute Gasteiger partial charge is 0.304 e. The number of amides is 1. The molecule has 0 fully saturated rings. The topological polar surface area (TPSA) is 69.7 Å². The summed E-state index contributed by atoms with van der Waals surface area (Å²) in [6, 6.07) is 16.1. The average molecular weight is 361 g/mol. The lowest BCUT2D eigenvalue weighted by molar-refractivity contribution is -0.114. The fraction of sp³-hybridized carbons (Fsp3) is 0.278. The summed E-state index contributed by atoms with van der Waals surface area (Å²) in [5, 5.41) is 2.81. The van der Waals surface area contributed by atoms with Gasteiger partial charge in [-0.05, 0) is 30.2 Å². The summed E-state index contributed by atoms with van der Waals surface area (Å²) in [5.41, 5.74) is 2.14. The monoisotopic (exact) mass is 361 g/mol. The Morgan fingerprint density at radius 2 is 1.60 bits per heavy atom. The molecule has 0 aliphatic rings. The largest absolute Gasteiger partial charge is 0.324 e. The van der Waals surface area contributed by atoms with Crippen molar-refractivity contribution in [1.29, 1.82) is 0 Å². The third-order valence-corrected chi connectivity index (χ3v) is 5.56. The number of para-hydroxylation sites is 2. The van der Waals surface area contributed by atoms with Gasteiger partial charge in [-0.25, -0.2) is 4.31 Å². The fourth-order valence-electron chi connectivity index (χ4n) is 2.37. The molecule has 2 rings (SSSR count). The summed E-state index contributed by atoms with van der Waals surface area (Å²) >= 11 is 0. The Bertz CT molecular complexity index is 820. The van der Waals surface area contributed by atoms with E-state index >= 15 is 0 Å². The maximum atomic E-state index is 12.6. The summed E-state index contributed by atoms with van der Waals surface area (Å²) in [6.07, 6.45) is 0.773. The van der Waals surface area contributed by atoms with Crippen LogP contribution >= 0.6 is 0 Å². The Hall–Kier alpha value is -2.38. The van der Waals surface area contributed by atoms with Crippen molar-refractivity contribution in [2.45, 2.75) is 13.3 Å². The summed E-state index contributed by atoms with van der Waals surface area (Å²) in [4.78, 5) is 12.5. The fourth-order valence-corrected chi connectivity index (χ4v) is 3.43. The molecule has 0 aliphatic heterocycles. The van der Waals surface area contributed by atoms with Gasteiger partial charge in [0.25, 0.3) is 0 Å². The van der Waals surface area contributed by atoms with Gasteiger partial charge in [0.05, 0.1) is 5.69 Å². The number of benzene rings is 2. The van der Waals surface area contributed by atoms with E-state index in [2.05, 4.69) is 5.32 Å². The van der Waals surface area contributed by atoms with E-state index in [4.69, 9.17) is 0 Å². The molecule has 1 N–H and O–H groups in total. The predicted octanol–water partition coefficient (Wildman–Crippen LogP) is 2.50. The third-order valence-electron chi connectivity index (χ3n) is 3.74. The average Bonchev–Trinajstić information content (AvgIpc) is 2.60. The minimum absolute atomic E-state index is 0.303. The maximum absolute atomic E-state index is 12.6. The van der Waals surface area contributed by atoms with E-state index in [0.29, 0.717) is 11.4 Å². The van der Waals surface area contributed by atoms with Crippen LogP contribution in [0.4, 0.5) is 11.4 Å². The lowest BCUT2D eigenvalue weighted by Crippen LogP contribution is -2.44. The summed E-state index contributed by atoms with van der Waals surface area (Å²) in [6.45, 7) is 1.69. The lowest BCUT2D eigenvalue weighted by Gasteiger charge is -2.27. The van der Waals surface area contributed by atoms with Crippen molar-refractivity contribution >= 4 is 27.5 Å². The van der Waals surface area contributed by atoms with E-state index in [-0.39, 0.29) is 6.54 Å². The standard InChI is InChI=1S/C18H23N3O3S/c1-4-15-10-8-9-13-17(15)19-18(22)14-21(25(23,24)20(2)3)16-11-6-5-7-12-16/h5-13H,4,14H2,1-3H3,(H,19,22). The van der Waals surface area contributed by atoms with Gasteiger partial charge in [-0.2, -0.15) is 12.7 Å². The molecule has 134 valence electrons. The van der Waals surface area contributed by atoms with Crippen LogP contribution in [0, 0.1) is 0 Å². The predicted molar refractivity (Wildman–Crippen MR) is 101 cm³/mol. The van der Waals surface area contributed by atoms with Crippen molar-refractivity contribution in [3.8, 4) is 0 Å². The van der Waals surface area contributed by atoms with Crippen molar-refractivity contribution in [1.82, 2.24) is 4.31 Å². The second-order valence-corrected chi connectivity index (χ2v) is 7.76. The molecule has 7 heteroatoms. The van der Waals surface area contributed by atoms with Gasteiger partial charge < -0.3 is 5.32 Å². The number of nitrogens with zero attached hydrogens (tertiary/aromatic N) is 2. The number of anilines is 2. The Morgan fingerprint density at radius 1 is 1.00 bits per heavy atom. The SMILES string of the molecule is CCc1ccccc1NC(=O)CN(c1ccccc1)S(=O)(=O)N(C)C. The van der Waals surface area contributed by atoms with E-state index in [9.17, 15) is 13.2 Å². The molecule has 0 saturated heterocycles. The van der Waals surface area contributed by atoms with Crippen molar-refractivity contribution in [3.63, 3.8) is 0 Å². The highest BCUT2D eigenvalue weighted by molar-refractivity contribution is 7.90. The van der Waals surface area contributed by atoms with Gasteiger partial charge in [0.15, 0.2) is 0 Å². The normalized spacial score (nSPS) is 11.4. The van der Waals surface area contributed by atoms with Gasteiger partial charge >= 0.3 is 10.2 Å². The zero-order valence-electron chi connectivity index (χ0n) is 14.6. The van der Waals surface area contributed by atoms with Crippen LogP contribution in [0.5, 0.6) is 0 Å². The number of carbonyl (C=O) groups excluding carboxylic acids is 1. The number of hydrogen-bond donors (Lipinski definition) is 1. The minimum atomic E-state index is -3.79. The van der Waals surface area contributed by atoms with Crippen molar-refractivity contribution in [2.75, 3.05) is 30.3 Å². The first-order chi connectivity index (χ1) is 11.9. The second-order valence-electron chi connectivity index (χ2n) is 5.69. The Balaban J connectivity index is 2.26. The van der Waals surface area contributed by atoms with Crippen LogP contribution in [0.2, 0.25) is 0 Å². The van der Waals surface area contributed by atoms with E-state index < -0.39 is 16.1 Å². The van der Waals surface area contributed by atoms with Gasteiger partial charge in [0.1, 0.15) is 6.54 Å². The molecule has 6 nitrogen and oxygen atoms in total. The zero-order chi connectivity index (χ0) is 18.4. The van der Waals surface area contributed by atoms with E-state index in [1.54, 1.807) is 30.3 Å². The van der Waals surface area contributed by atoms with Gasteiger partial charge in [-0.15, -0.1) is 0 Å². The van der Waals surface area contributed by atoms with Crippen LogP contribution in [-0.2, 0) is 21.4 Å². The first-order valence-electron chi connectivity index (χ1n) is 7.99. The number of rotatable bonds is 7. The quantitative estimate of drug-likeness (QED) is 0.824. The highest BCUT2D eigenvalue weighted by Crippen LogP contribution is 2.20. The summed E-state index contributed by atoms with van der Waals surface area (Å²) < 4.78 is 27.4. The Kier molecular flexibility index (Phi) is 6.17. The first-order valence-corrected chi connectivity index (χ1v) is 9.39. The first kappa shape index (κ1) is 19.0. The third kappa shape index (κ3) is 4.58. The maximum Gasteiger partial charge on any atom is 0.304 e. The van der Waals surface area contributed by atoms with Crippen molar-refractivity contribution < 1.29 is 13.2 Å². The summed E-state index contributed by atoms with van der Waals surface area (Å²) in [5.74, 6) is -0.393. The molecular weight excluding hydrogens is 338 g/mol. The molecule has 1 amide bonds. The Morgan fingerprint density at radius 3 is 2.20 bits per heavy atom. The van der Waals surface area contributed by atoms with Gasteiger partial charge in [0.2, 0.25) is 5.91 Å². The van der Waals surface area contributed by atoms with Crippen LogP contribution in [0.1, 0.15) is 12.5 Å². The van der Waals surface area contributed by atoms with Crippen LogP contribution in [0.15, 0.2) is 54.6 Å². The molecule has 0 saturated carbocycles. The summed E-state index contributed by atoms with van der Waals surface area (Å²) in [7, 11) is -0.909. The molecule has 0 atom stereocenters. The van der Waals surface area contributed by atoms with Gasteiger partial charge in [-0.1, -0.05) is 43.3 Å². The molecular formula is C18H23N3O3S. The molecule has 0 heterocycles. The second kappa shape index (κ2) is 8.13. The molecule has 2 aromatic rings. The van der Waals surface area contributed by atoms with Crippen LogP contribution in [0.3, 0.4) is 0 Å². The van der Waals surface area contributed by atoms with Crippen molar-refractivity contribution in [2.24, 2.45) is 0 Å². The molecule has 0 aromatic heterocycles. The minimum Gasteiger partial charge on any atom is -0.324 e. The molecule has 0 bridgehead atoms. The number of hydrogen-bond acceptors (Lipinski definition) is 3. The highest BCUT2D eigenvalue weighted by atomic mass is 32.2. The van der Waals surface area contributed by atoms with Crippen LogP contribution < -0.4 is 9.62 Å². The van der Waals surface area contributed by atoms with E-state index in [1.165, 1.54) is 14.1 Å². The van der Waals surface area contributed by atoms with Gasteiger partial charge in [-0.3, -0.25) is 4.79 Å². The number of aryl methyl sites for hydroxylation is 1. The molecule has 2 aromatic carbocycles. The van der Waals surface area contributed by atoms with Crippen molar-refractivity contribution in [3.05, 3.63) is 60.2 Å². The number of nitrogens with one attached hydrogen (secondary N) is 1. The van der Waals surface area contributed by atoms with E-state index in [1.807, 2.05) is 31.2 Å². The van der Waals surface area contributed by atoms with Crippen LogP contribution in [0.25, 0.3) is 0 Å². The number of carbonyl (C=O) groups is 1.